The molecule has 0 atom stereocenters. The third kappa shape index (κ3) is 3.14. The molecule has 140 valence electrons. The van der Waals surface area contributed by atoms with E-state index in [2.05, 4.69) is 16.0 Å². The molecule has 1 aromatic carbocycles. The van der Waals surface area contributed by atoms with Crippen LogP contribution in [-0.2, 0) is 16.6 Å². The predicted molar refractivity (Wildman–Crippen MR) is 98.3 cm³/mol. The van der Waals surface area contributed by atoms with Crippen LogP contribution in [0.25, 0.3) is 5.69 Å². The second-order valence-corrected chi connectivity index (χ2v) is 6.05. The number of nitrogens with one attached hydrogen (secondary N) is 3. The number of para-hydroxylation sites is 1. The quantitative estimate of drug-likeness (QED) is 0.689. The summed E-state index contributed by atoms with van der Waals surface area (Å²) in [6, 6.07) is 8.23. The molecule has 27 heavy (non-hydrogen) atoms. The van der Waals surface area contributed by atoms with Gasteiger partial charge in [0.25, 0.3) is 5.56 Å². The fraction of sp³-hybridized carbons (Fsp3) is 0.222. The first-order valence-corrected chi connectivity index (χ1v) is 8.28. The van der Waals surface area contributed by atoms with E-state index in [1.807, 2.05) is 18.2 Å². The number of allylic oxidation sites excluding steroid dienone is 1. The highest BCUT2D eigenvalue weighted by atomic mass is 16.2. The number of rotatable bonds is 4. The monoisotopic (exact) mass is 369 g/mol. The average Bonchev–Trinajstić information content (AvgIpc) is 2.83. The normalized spacial score (nSPS) is 15.5. The summed E-state index contributed by atoms with van der Waals surface area (Å²) in [4.78, 5) is 48.4. The lowest BCUT2D eigenvalue weighted by atomic mass is 10.0. The van der Waals surface area contributed by atoms with Crippen LogP contribution in [-0.4, -0.2) is 27.2 Å². The molecule has 0 radical (unpaired) electrons. The van der Waals surface area contributed by atoms with Crippen LogP contribution in [0.4, 0.5) is 10.5 Å². The van der Waals surface area contributed by atoms with Crippen molar-refractivity contribution in [3.05, 3.63) is 58.2 Å². The first-order valence-electron chi connectivity index (χ1n) is 8.28. The molecule has 1 aliphatic rings. The number of benzene rings is 1. The molecule has 1 aromatic heterocycles. The standard InChI is InChI=1S/C18H19N5O4/c1-4-12(13-15(24)20-18(27)21-16(13)25)19-14-10(2)22(3)23(17(14)26)11-8-6-5-7-9-11/h4-9,13,19H,1-3H3,(H2,20,21,24,25,27)/b12-4-. The van der Waals surface area contributed by atoms with E-state index < -0.39 is 23.8 Å². The van der Waals surface area contributed by atoms with E-state index in [0.29, 0.717) is 11.4 Å². The van der Waals surface area contributed by atoms with Gasteiger partial charge in [0.1, 0.15) is 5.69 Å². The summed E-state index contributed by atoms with van der Waals surface area (Å²) in [6.45, 7) is 3.38. The molecule has 4 amide bonds. The van der Waals surface area contributed by atoms with Crippen LogP contribution in [0.15, 0.2) is 46.9 Å². The Labute approximate surface area is 154 Å². The number of hydrogen-bond donors (Lipinski definition) is 3. The summed E-state index contributed by atoms with van der Waals surface area (Å²) in [5.74, 6) is -2.75. The number of urea groups is 1. The number of carbonyl (C=O) groups is 3. The molecule has 0 spiro atoms. The number of hydrogen-bond acceptors (Lipinski definition) is 5. The summed E-state index contributed by atoms with van der Waals surface area (Å²) in [5.41, 5.74) is 1.43. The van der Waals surface area contributed by atoms with Gasteiger partial charge in [0.15, 0.2) is 5.92 Å². The summed E-state index contributed by atoms with van der Waals surface area (Å²) < 4.78 is 3.16. The molecule has 1 saturated heterocycles. The summed E-state index contributed by atoms with van der Waals surface area (Å²) in [5, 5.41) is 7.02. The molecule has 0 unspecified atom stereocenters. The van der Waals surface area contributed by atoms with E-state index in [4.69, 9.17) is 0 Å². The van der Waals surface area contributed by atoms with E-state index in [0.717, 1.165) is 0 Å². The molecule has 0 aliphatic carbocycles. The number of aromatic nitrogens is 2. The van der Waals surface area contributed by atoms with Gasteiger partial charge in [-0.05, 0) is 26.0 Å². The fourth-order valence-corrected chi connectivity index (χ4v) is 2.97. The Balaban J connectivity index is 2.00. The first kappa shape index (κ1) is 18.2. The molecule has 3 rings (SSSR count). The van der Waals surface area contributed by atoms with Crippen molar-refractivity contribution in [2.24, 2.45) is 13.0 Å². The molecule has 9 nitrogen and oxygen atoms in total. The molecule has 1 fully saturated rings. The highest BCUT2D eigenvalue weighted by Gasteiger charge is 2.37. The van der Waals surface area contributed by atoms with Gasteiger partial charge in [-0.15, -0.1) is 0 Å². The minimum atomic E-state index is -1.25. The first-order chi connectivity index (χ1) is 12.8. The number of anilines is 1. The van der Waals surface area contributed by atoms with Gasteiger partial charge in [0.2, 0.25) is 11.8 Å². The second-order valence-electron chi connectivity index (χ2n) is 6.05. The Hall–Kier alpha value is -3.62. The lowest BCUT2D eigenvalue weighted by molar-refractivity contribution is -0.134. The van der Waals surface area contributed by atoms with Gasteiger partial charge in [0, 0.05) is 12.7 Å². The molecule has 1 aliphatic heterocycles. The zero-order chi connectivity index (χ0) is 19.7. The van der Waals surface area contributed by atoms with Gasteiger partial charge in [-0.1, -0.05) is 24.3 Å². The molecule has 2 heterocycles. The smallest absolute Gasteiger partial charge is 0.328 e. The van der Waals surface area contributed by atoms with Crippen molar-refractivity contribution in [2.45, 2.75) is 13.8 Å². The minimum Gasteiger partial charge on any atom is -0.352 e. The molecule has 3 N–H and O–H groups in total. The van der Waals surface area contributed by atoms with Gasteiger partial charge >= 0.3 is 6.03 Å². The molecule has 9 heteroatoms. The van der Waals surface area contributed by atoms with E-state index in [9.17, 15) is 19.2 Å². The summed E-state index contributed by atoms with van der Waals surface area (Å²) in [7, 11) is 1.74. The Morgan fingerprint density at radius 1 is 1.07 bits per heavy atom. The van der Waals surface area contributed by atoms with Crippen molar-refractivity contribution in [1.82, 2.24) is 20.0 Å². The molecule has 0 bridgehead atoms. The van der Waals surface area contributed by atoms with Crippen LogP contribution in [0.1, 0.15) is 12.6 Å². The zero-order valence-electron chi connectivity index (χ0n) is 15.1. The molecular formula is C18H19N5O4. The second kappa shape index (κ2) is 6.94. The Morgan fingerprint density at radius 2 is 1.67 bits per heavy atom. The van der Waals surface area contributed by atoms with Crippen LogP contribution >= 0.6 is 0 Å². The van der Waals surface area contributed by atoms with Gasteiger partial charge in [-0.25, -0.2) is 9.48 Å². The van der Waals surface area contributed by atoms with Gasteiger partial charge < -0.3 is 5.32 Å². The third-order valence-electron chi connectivity index (χ3n) is 4.44. The van der Waals surface area contributed by atoms with E-state index in [1.54, 1.807) is 37.7 Å². The highest BCUT2D eigenvalue weighted by Crippen LogP contribution is 2.20. The number of nitrogens with zero attached hydrogens (tertiary/aromatic N) is 2. The maximum atomic E-state index is 13.0. The zero-order valence-corrected chi connectivity index (χ0v) is 15.1. The summed E-state index contributed by atoms with van der Waals surface area (Å²) in [6.07, 6.45) is 1.53. The topological polar surface area (TPSA) is 114 Å². The average molecular weight is 369 g/mol. The van der Waals surface area contributed by atoms with Crippen LogP contribution in [0.2, 0.25) is 0 Å². The van der Waals surface area contributed by atoms with Crippen LogP contribution in [0.3, 0.4) is 0 Å². The van der Waals surface area contributed by atoms with Crippen LogP contribution < -0.4 is 21.5 Å². The van der Waals surface area contributed by atoms with Crippen molar-refractivity contribution >= 4 is 23.5 Å². The predicted octanol–water partition coefficient (Wildman–Crippen LogP) is 0.782. The lowest BCUT2D eigenvalue weighted by Crippen LogP contribution is -2.56. The maximum absolute atomic E-state index is 13.0. The molecule has 2 aromatic rings. The minimum absolute atomic E-state index is 0.212. The van der Waals surface area contributed by atoms with Gasteiger partial charge in [-0.3, -0.25) is 29.7 Å². The summed E-state index contributed by atoms with van der Waals surface area (Å²) >= 11 is 0. The number of barbiturate groups is 1. The molecular weight excluding hydrogens is 350 g/mol. The Bertz CT molecular complexity index is 996. The largest absolute Gasteiger partial charge is 0.352 e. The van der Waals surface area contributed by atoms with Crippen LogP contribution in [0, 0.1) is 12.8 Å². The Morgan fingerprint density at radius 3 is 2.22 bits per heavy atom. The van der Waals surface area contributed by atoms with Crippen molar-refractivity contribution in [3.8, 4) is 5.69 Å². The van der Waals surface area contributed by atoms with Gasteiger partial charge in [0.05, 0.1) is 11.4 Å². The van der Waals surface area contributed by atoms with Gasteiger partial charge in [-0.2, -0.15) is 0 Å². The van der Waals surface area contributed by atoms with Crippen molar-refractivity contribution in [2.75, 3.05) is 5.32 Å². The van der Waals surface area contributed by atoms with E-state index >= 15 is 0 Å². The van der Waals surface area contributed by atoms with Crippen molar-refractivity contribution in [3.63, 3.8) is 0 Å². The number of carbonyl (C=O) groups excluding carboxylic acids is 3. The van der Waals surface area contributed by atoms with E-state index in [-0.39, 0.29) is 16.9 Å². The number of amides is 4. The fourth-order valence-electron chi connectivity index (χ4n) is 2.97. The number of imide groups is 2. The third-order valence-corrected chi connectivity index (χ3v) is 4.44. The highest BCUT2D eigenvalue weighted by molar-refractivity contribution is 6.18. The molecule has 0 saturated carbocycles. The lowest BCUT2D eigenvalue weighted by Gasteiger charge is -2.23. The van der Waals surface area contributed by atoms with E-state index in [1.165, 1.54) is 10.8 Å². The van der Waals surface area contributed by atoms with Crippen LogP contribution in [0.5, 0.6) is 0 Å². The van der Waals surface area contributed by atoms with Crippen molar-refractivity contribution < 1.29 is 14.4 Å². The maximum Gasteiger partial charge on any atom is 0.328 e. The van der Waals surface area contributed by atoms with Crippen molar-refractivity contribution in [1.29, 1.82) is 0 Å². The Kier molecular flexibility index (Phi) is 4.68. The SMILES string of the molecule is C/C=C(\Nc1c(C)n(C)n(-c2ccccc2)c1=O)C1C(=O)NC(=O)NC1=O.